The number of nitrogens with zero attached hydrogens (tertiary/aromatic N) is 3. The number of nitrogens with one attached hydrogen (secondary N) is 1. The Kier molecular flexibility index (Phi) is 6.67. The first-order valence-corrected chi connectivity index (χ1v) is 9.57. The van der Waals surface area contributed by atoms with E-state index in [0.29, 0.717) is 17.7 Å². The van der Waals surface area contributed by atoms with Crippen LogP contribution >= 0.6 is 0 Å². The number of carbonyl (C=O) groups is 1. The summed E-state index contributed by atoms with van der Waals surface area (Å²) in [5.74, 6) is -0.249. The highest BCUT2D eigenvalue weighted by Gasteiger charge is 2.16. The number of benzene rings is 2. The molecule has 0 spiro atoms. The molecular formula is C19H18N4O3S. The van der Waals surface area contributed by atoms with E-state index in [0.717, 1.165) is 5.56 Å². The standard InChI is InChI=1S/C19H18N4O3S/c1-23(14-16-5-3-15(13-21)4-6-16)19(24)17-7-9-18(10-8-17)27(25,26)22-12-2-11-20/h3-10,22H,2,12,14H2,1H3. The van der Waals surface area contributed by atoms with E-state index in [1.165, 1.54) is 29.2 Å². The Balaban J connectivity index is 2.05. The topological polar surface area (TPSA) is 114 Å². The van der Waals surface area contributed by atoms with Crippen LogP contribution in [-0.2, 0) is 16.6 Å². The molecule has 8 heteroatoms. The van der Waals surface area contributed by atoms with Crippen LogP contribution in [0.1, 0.15) is 27.9 Å². The number of hydrogen-bond donors (Lipinski definition) is 1. The van der Waals surface area contributed by atoms with E-state index in [1.54, 1.807) is 31.3 Å². The molecule has 0 aliphatic carbocycles. The van der Waals surface area contributed by atoms with Crippen molar-refractivity contribution in [2.45, 2.75) is 17.9 Å². The van der Waals surface area contributed by atoms with Gasteiger partial charge in [-0.2, -0.15) is 10.5 Å². The van der Waals surface area contributed by atoms with Crippen LogP contribution in [0, 0.1) is 22.7 Å². The molecule has 0 saturated carbocycles. The molecule has 0 fully saturated rings. The minimum atomic E-state index is -3.70. The molecule has 0 saturated heterocycles. The Hall–Kier alpha value is -3.20. The lowest BCUT2D eigenvalue weighted by atomic mass is 10.1. The fraction of sp³-hybridized carbons (Fsp3) is 0.211. The summed E-state index contributed by atoms with van der Waals surface area (Å²) in [5.41, 5.74) is 1.79. The maximum absolute atomic E-state index is 12.5. The van der Waals surface area contributed by atoms with Crippen molar-refractivity contribution in [3.05, 3.63) is 65.2 Å². The van der Waals surface area contributed by atoms with Gasteiger partial charge in [-0.25, -0.2) is 13.1 Å². The van der Waals surface area contributed by atoms with Crippen LogP contribution in [0.2, 0.25) is 0 Å². The Morgan fingerprint density at radius 1 is 1.07 bits per heavy atom. The number of nitriles is 2. The summed E-state index contributed by atoms with van der Waals surface area (Å²) in [7, 11) is -2.06. The third-order valence-electron chi connectivity index (χ3n) is 3.79. The van der Waals surface area contributed by atoms with E-state index in [2.05, 4.69) is 4.72 Å². The van der Waals surface area contributed by atoms with Gasteiger partial charge in [-0.3, -0.25) is 4.79 Å². The van der Waals surface area contributed by atoms with Crippen LogP contribution in [0.25, 0.3) is 0 Å². The lowest BCUT2D eigenvalue weighted by molar-refractivity contribution is 0.0785. The summed E-state index contributed by atoms with van der Waals surface area (Å²) in [6.07, 6.45) is 0.0793. The SMILES string of the molecule is CN(Cc1ccc(C#N)cc1)C(=O)c1ccc(S(=O)(=O)NCCC#N)cc1. The number of hydrogen-bond acceptors (Lipinski definition) is 5. The highest BCUT2D eigenvalue weighted by atomic mass is 32.2. The van der Waals surface area contributed by atoms with Gasteiger partial charge >= 0.3 is 0 Å². The van der Waals surface area contributed by atoms with Crippen molar-refractivity contribution in [3.8, 4) is 12.1 Å². The predicted octanol–water partition coefficient (Wildman–Crippen LogP) is 2.02. The molecule has 1 amide bonds. The number of carbonyl (C=O) groups excluding carboxylic acids is 1. The van der Waals surface area contributed by atoms with Gasteiger partial charge in [0.15, 0.2) is 0 Å². The molecule has 7 nitrogen and oxygen atoms in total. The number of rotatable bonds is 7. The molecule has 0 aromatic heterocycles. The summed E-state index contributed by atoms with van der Waals surface area (Å²) >= 11 is 0. The fourth-order valence-electron chi connectivity index (χ4n) is 2.35. The average molecular weight is 382 g/mol. The largest absolute Gasteiger partial charge is 0.337 e. The summed E-state index contributed by atoms with van der Waals surface area (Å²) in [4.78, 5) is 14.1. The summed E-state index contributed by atoms with van der Waals surface area (Å²) in [6.45, 7) is 0.396. The second kappa shape index (κ2) is 8.95. The zero-order valence-electron chi connectivity index (χ0n) is 14.7. The Labute approximate surface area is 158 Å². The van der Waals surface area contributed by atoms with E-state index >= 15 is 0 Å². The second-order valence-electron chi connectivity index (χ2n) is 5.80. The van der Waals surface area contributed by atoms with E-state index < -0.39 is 10.0 Å². The number of sulfonamides is 1. The first-order valence-electron chi connectivity index (χ1n) is 8.08. The van der Waals surface area contributed by atoms with Gasteiger partial charge in [0.1, 0.15) is 0 Å². The van der Waals surface area contributed by atoms with Gasteiger partial charge in [0.05, 0.1) is 22.6 Å². The molecule has 138 valence electrons. The molecule has 2 aromatic rings. The van der Waals surface area contributed by atoms with Gasteiger partial charge in [0, 0.05) is 32.1 Å². The summed E-state index contributed by atoms with van der Waals surface area (Å²) in [6, 6.07) is 16.5. The molecule has 1 N–H and O–H groups in total. The Bertz CT molecular complexity index is 985. The molecule has 27 heavy (non-hydrogen) atoms. The molecule has 0 atom stereocenters. The minimum Gasteiger partial charge on any atom is -0.337 e. The van der Waals surface area contributed by atoms with Crippen molar-refractivity contribution in [3.63, 3.8) is 0 Å². The molecule has 0 bridgehead atoms. The van der Waals surface area contributed by atoms with Gasteiger partial charge < -0.3 is 4.90 Å². The molecule has 2 aromatic carbocycles. The summed E-state index contributed by atoms with van der Waals surface area (Å²) in [5, 5.41) is 17.3. The van der Waals surface area contributed by atoms with E-state index in [-0.39, 0.29) is 23.8 Å². The highest BCUT2D eigenvalue weighted by molar-refractivity contribution is 7.89. The van der Waals surface area contributed by atoms with Crippen LogP contribution in [-0.4, -0.2) is 32.8 Å². The van der Waals surface area contributed by atoms with Crippen molar-refractivity contribution < 1.29 is 13.2 Å². The molecular weight excluding hydrogens is 364 g/mol. The van der Waals surface area contributed by atoms with E-state index in [4.69, 9.17) is 10.5 Å². The maximum atomic E-state index is 12.5. The third-order valence-corrected chi connectivity index (χ3v) is 5.27. The molecule has 0 heterocycles. The van der Waals surface area contributed by atoms with Crippen LogP contribution in [0.15, 0.2) is 53.4 Å². The van der Waals surface area contributed by atoms with Crippen LogP contribution in [0.3, 0.4) is 0 Å². The molecule has 0 radical (unpaired) electrons. The van der Waals surface area contributed by atoms with Crippen LogP contribution in [0.5, 0.6) is 0 Å². The monoisotopic (exact) mass is 382 g/mol. The Morgan fingerprint density at radius 2 is 1.70 bits per heavy atom. The van der Waals surface area contributed by atoms with Crippen LogP contribution < -0.4 is 4.72 Å². The van der Waals surface area contributed by atoms with Gasteiger partial charge in [0.2, 0.25) is 10.0 Å². The molecule has 0 aliphatic heterocycles. The van der Waals surface area contributed by atoms with Crippen molar-refractivity contribution in [1.29, 1.82) is 10.5 Å². The predicted molar refractivity (Wildman–Crippen MR) is 98.8 cm³/mol. The first kappa shape index (κ1) is 20.1. The quantitative estimate of drug-likeness (QED) is 0.736. The zero-order valence-corrected chi connectivity index (χ0v) is 15.5. The first-order chi connectivity index (χ1) is 12.9. The lowest BCUT2D eigenvalue weighted by Crippen LogP contribution is -2.27. The third kappa shape index (κ3) is 5.38. The summed E-state index contributed by atoms with van der Waals surface area (Å²) < 4.78 is 26.5. The molecule has 2 rings (SSSR count). The Morgan fingerprint density at radius 3 is 2.26 bits per heavy atom. The van der Waals surface area contributed by atoms with Gasteiger partial charge in [0.25, 0.3) is 5.91 Å². The fourth-order valence-corrected chi connectivity index (χ4v) is 3.38. The minimum absolute atomic E-state index is 0.0340. The smallest absolute Gasteiger partial charge is 0.253 e. The average Bonchev–Trinajstić information content (AvgIpc) is 2.68. The highest BCUT2D eigenvalue weighted by Crippen LogP contribution is 2.14. The van der Waals surface area contributed by atoms with Crippen molar-refractivity contribution >= 4 is 15.9 Å². The lowest BCUT2D eigenvalue weighted by Gasteiger charge is -2.17. The molecule has 0 unspecified atom stereocenters. The van der Waals surface area contributed by atoms with Crippen molar-refractivity contribution in [2.75, 3.05) is 13.6 Å². The van der Waals surface area contributed by atoms with E-state index in [9.17, 15) is 13.2 Å². The van der Waals surface area contributed by atoms with Gasteiger partial charge in [-0.1, -0.05) is 12.1 Å². The van der Waals surface area contributed by atoms with Gasteiger partial charge in [-0.15, -0.1) is 0 Å². The normalized spacial score (nSPS) is 10.6. The van der Waals surface area contributed by atoms with Crippen molar-refractivity contribution in [2.24, 2.45) is 0 Å². The second-order valence-corrected chi connectivity index (χ2v) is 7.57. The van der Waals surface area contributed by atoms with Gasteiger partial charge in [-0.05, 0) is 42.0 Å². The van der Waals surface area contributed by atoms with E-state index in [1.807, 2.05) is 12.1 Å². The van der Waals surface area contributed by atoms with Crippen molar-refractivity contribution in [1.82, 2.24) is 9.62 Å². The maximum Gasteiger partial charge on any atom is 0.253 e. The molecule has 0 aliphatic rings. The number of amides is 1. The zero-order chi connectivity index (χ0) is 19.9. The van der Waals surface area contributed by atoms with Crippen LogP contribution in [0.4, 0.5) is 0 Å².